The van der Waals surface area contributed by atoms with E-state index in [9.17, 15) is 46.0 Å². The summed E-state index contributed by atoms with van der Waals surface area (Å²) in [7, 11) is 0. The molecule has 68 heavy (non-hydrogen) atoms. The van der Waals surface area contributed by atoms with Crippen molar-refractivity contribution in [3.63, 3.8) is 0 Å². The largest absolute Gasteiger partial charge is 0.508 e. The lowest BCUT2D eigenvalue weighted by Crippen LogP contribution is -2.13. The van der Waals surface area contributed by atoms with Crippen LogP contribution in [0.3, 0.4) is 0 Å². The van der Waals surface area contributed by atoms with E-state index in [2.05, 4.69) is 0 Å². The predicted molar refractivity (Wildman–Crippen MR) is 251 cm³/mol. The Morgan fingerprint density at radius 3 is 1.34 bits per heavy atom. The number of aromatic hydroxyl groups is 9. The summed E-state index contributed by atoms with van der Waals surface area (Å²) in [5, 5.41) is 95.9. The number of benzene rings is 8. The fourth-order valence-corrected chi connectivity index (χ4v) is 10.1. The van der Waals surface area contributed by atoms with Gasteiger partial charge in [0.1, 0.15) is 75.8 Å². The summed E-state index contributed by atoms with van der Waals surface area (Å²) in [4.78, 5) is 0. The van der Waals surface area contributed by atoms with E-state index in [1.807, 2.05) is 36.4 Å². The number of hydrogen-bond acceptors (Lipinski definition) is 12. The zero-order valence-corrected chi connectivity index (χ0v) is 35.8. The molecule has 0 unspecified atom stereocenters. The second-order valence-corrected chi connectivity index (χ2v) is 17.4. The average molecular weight is 907 g/mol. The molecule has 11 rings (SSSR count). The molecule has 3 heterocycles. The maximum atomic E-state index is 11.9. The van der Waals surface area contributed by atoms with Gasteiger partial charge in [-0.3, -0.25) is 0 Å². The lowest BCUT2D eigenvalue weighted by molar-refractivity contribution is 0.214. The van der Waals surface area contributed by atoms with E-state index in [1.165, 1.54) is 18.2 Å². The first-order valence-corrected chi connectivity index (χ1v) is 21.8. The Morgan fingerprint density at radius 1 is 0.324 bits per heavy atom. The third kappa shape index (κ3) is 7.47. The van der Waals surface area contributed by atoms with Crippen molar-refractivity contribution >= 4 is 12.2 Å². The van der Waals surface area contributed by atoms with Gasteiger partial charge in [0, 0.05) is 34.9 Å². The minimum absolute atomic E-state index is 0.0429. The normalized spacial score (nSPS) is 20.0. The molecule has 0 amide bonds. The summed E-state index contributed by atoms with van der Waals surface area (Å²) in [6.07, 6.45) is 1.76. The third-order valence-electron chi connectivity index (χ3n) is 13.0. The van der Waals surface area contributed by atoms with Crippen LogP contribution in [0.2, 0.25) is 0 Å². The molecular formula is C56H42O12. The first-order valence-electron chi connectivity index (χ1n) is 21.8. The smallest absolute Gasteiger partial charge is 0.165 e. The number of phenolic OH excluding ortho intramolecular Hbond substituents is 9. The van der Waals surface area contributed by atoms with E-state index in [4.69, 9.17) is 14.2 Å². The lowest BCUT2D eigenvalue weighted by atomic mass is 9.80. The summed E-state index contributed by atoms with van der Waals surface area (Å²) < 4.78 is 19.8. The highest BCUT2D eigenvalue weighted by Crippen LogP contribution is 2.58. The molecule has 3 aliphatic rings. The van der Waals surface area contributed by atoms with Gasteiger partial charge >= 0.3 is 0 Å². The van der Waals surface area contributed by atoms with Crippen molar-refractivity contribution in [1.29, 1.82) is 0 Å². The maximum Gasteiger partial charge on any atom is 0.165 e. The van der Waals surface area contributed by atoms with Crippen LogP contribution in [0.5, 0.6) is 69.0 Å². The Morgan fingerprint density at radius 2 is 0.779 bits per heavy atom. The molecule has 0 saturated heterocycles. The molecular weight excluding hydrogens is 865 g/mol. The third-order valence-corrected chi connectivity index (χ3v) is 13.0. The van der Waals surface area contributed by atoms with E-state index in [0.717, 1.165) is 22.3 Å². The molecule has 0 saturated carbocycles. The minimum atomic E-state index is -0.719. The topological polar surface area (TPSA) is 210 Å². The fraction of sp³-hybridized carbons (Fsp3) is 0.107. The highest BCUT2D eigenvalue weighted by molar-refractivity contribution is 5.76. The van der Waals surface area contributed by atoms with Crippen LogP contribution >= 0.6 is 0 Å². The van der Waals surface area contributed by atoms with Crippen LogP contribution in [-0.2, 0) is 0 Å². The van der Waals surface area contributed by atoms with Crippen molar-refractivity contribution in [3.8, 4) is 69.0 Å². The summed E-state index contributed by atoms with van der Waals surface area (Å²) in [6, 6.07) is 41.1. The summed E-state index contributed by atoms with van der Waals surface area (Å²) in [5.74, 6) is -1.03. The van der Waals surface area contributed by atoms with Crippen molar-refractivity contribution in [2.45, 2.75) is 36.1 Å². The SMILES string of the molecule is Oc1ccc([C@H]2Oc3c(O)cc([C@@H]4c5cc(/C=C/c6cc(O)cc7c6[C@H](c6cc(O)cc(O)c6)[C@@H](c6ccc(O)cc6)O7)ccc5O[C@H]4c4ccc(O)cc4)cc3[C@@H]2c2cc(O)cc(O)c2)cc1. The van der Waals surface area contributed by atoms with Crippen molar-refractivity contribution in [2.24, 2.45) is 0 Å². The first kappa shape index (κ1) is 41.8. The molecule has 0 spiro atoms. The lowest BCUT2D eigenvalue weighted by Gasteiger charge is -2.22. The molecule has 12 heteroatoms. The predicted octanol–water partition coefficient (Wildman–Crippen LogP) is 11.0. The molecule has 0 bridgehead atoms. The van der Waals surface area contributed by atoms with Crippen LogP contribution in [0, 0.1) is 0 Å². The number of fused-ring (bicyclic) bond motifs is 3. The Balaban J connectivity index is 1.02. The number of phenols is 9. The number of rotatable bonds is 8. The molecule has 0 fully saturated rings. The van der Waals surface area contributed by atoms with E-state index >= 15 is 0 Å². The van der Waals surface area contributed by atoms with Crippen LogP contribution < -0.4 is 14.2 Å². The van der Waals surface area contributed by atoms with E-state index in [-0.39, 0.29) is 57.5 Å². The zero-order chi connectivity index (χ0) is 47.0. The molecule has 3 aliphatic heterocycles. The van der Waals surface area contributed by atoms with Gasteiger partial charge in [-0.1, -0.05) is 60.7 Å². The van der Waals surface area contributed by atoms with Crippen LogP contribution in [-0.4, -0.2) is 46.0 Å². The molecule has 8 aromatic carbocycles. The van der Waals surface area contributed by atoms with Gasteiger partial charge < -0.3 is 60.2 Å². The molecule has 9 N–H and O–H groups in total. The van der Waals surface area contributed by atoms with Crippen LogP contribution in [0.4, 0.5) is 0 Å². The summed E-state index contributed by atoms with van der Waals surface area (Å²) in [5.41, 5.74) is 7.39. The molecule has 0 aromatic heterocycles. The van der Waals surface area contributed by atoms with Gasteiger partial charge in [0.25, 0.3) is 0 Å². The van der Waals surface area contributed by atoms with Crippen LogP contribution in [0.15, 0.2) is 152 Å². The van der Waals surface area contributed by atoms with Gasteiger partial charge in [0.15, 0.2) is 11.5 Å². The van der Waals surface area contributed by atoms with Crippen molar-refractivity contribution in [3.05, 3.63) is 213 Å². The molecule has 0 aliphatic carbocycles. The van der Waals surface area contributed by atoms with Gasteiger partial charge in [-0.05, 0) is 129 Å². The number of ether oxygens (including phenoxy) is 3. The van der Waals surface area contributed by atoms with Crippen LogP contribution in [0.25, 0.3) is 12.2 Å². The van der Waals surface area contributed by atoms with Crippen molar-refractivity contribution < 1.29 is 60.2 Å². The van der Waals surface area contributed by atoms with Gasteiger partial charge in [0.2, 0.25) is 0 Å². The van der Waals surface area contributed by atoms with Crippen molar-refractivity contribution in [1.82, 2.24) is 0 Å². The Labute approximate surface area is 389 Å². The highest BCUT2D eigenvalue weighted by atomic mass is 16.5. The monoisotopic (exact) mass is 906 g/mol. The summed E-state index contributed by atoms with van der Waals surface area (Å²) >= 11 is 0. The second-order valence-electron chi connectivity index (χ2n) is 17.4. The van der Waals surface area contributed by atoms with Gasteiger partial charge in [-0.25, -0.2) is 0 Å². The van der Waals surface area contributed by atoms with Crippen LogP contribution in [0.1, 0.15) is 97.3 Å². The molecule has 338 valence electrons. The standard InChI is InChI=1S/C56H42O12/c57-36-10-4-29(5-11-36)53-49(35-23-45-50(33-19-39(60)25-40(61)20-33)54(68-56(45)46(65)24-35)30-6-12-37(58)13-7-30)44-17-28(2-16-47(44)66-53)1-3-32-18-43(64)27-48-51(32)52(34-21-41(62)26-42(63)22-34)55(67-48)31-8-14-38(59)15-9-31/h1-27,49-50,52-55,57-65H/b3-1+/t49-,50+,52+,53+,54-,55-/m1/s1. The second kappa shape index (κ2) is 16.2. The highest BCUT2D eigenvalue weighted by Gasteiger charge is 2.43. The zero-order valence-electron chi connectivity index (χ0n) is 35.8. The van der Waals surface area contributed by atoms with E-state index in [1.54, 1.807) is 109 Å². The van der Waals surface area contributed by atoms with Gasteiger partial charge in [-0.2, -0.15) is 0 Å². The molecule has 12 nitrogen and oxygen atoms in total. The average Bonchev–Trinajstić information content (AvgIpc) is 4.00. The molecule has 8 aromatic rings. The molecule has 6 atom stereocenters. The quantitative estimate of drug-likeness (QED) is 0.0652. The maximum absolute atomic E-state index is 11.9. The number of hydrogen-bond donors (Lipinski definition) is 9. The minimum Gasteiger partial charge on any atom is -0.508 e. The van der Waals surface area contributed by atoms with Crippen molar-refractivity contribution in [2.75, 3.05) is 0 Å². The Kier molecular flexibility index (Phi) is 9.96. The van der Waals surface area contributed by atoms with E-state index in [0.29, 0.717) is 50.4 Å². The fourth-order valence-electron chi connectivity index (χ4n) is 10.1. The first-order chi connectivity index (χ1) is 32.8. The van der Waals surface area contributed by atoms with Gasteiger partial charge in [0.05, 0.1) is 17.8 Å². The Bertz CT molecular complexity index is 3250. The van der Waals surface area contributed by atoms with E-state index < -0.39 is 36.1 Å². The Hall–Kier alpha value is -8.90. The van der Waals surface area contributed by atoms with Gasteiger partial charge in [-0.15, -0.1) is 0 Å². The molecule has 0 radical (unpaired) electrons. The summed E-state index contributed by atoms with van der Waals surface area (Å²) in [6.45, 7) is 0.